The first-order chi connectivity index (χ1) is 16.5. The number of amides is 1. The number of aliphatic carboxylic acids is 1. The van der Waals surface area contributed by atoms with E-state index >= 15 is 0 Å². The number of ether oxygens (including phenoxy) is 4. The number of rotatable bonds is 8. The summed E-state index contributed by atoms with van der Waals surface area (Å²) in [6.07, 6.45) is 2.09. The molecule has 8 heteroatoms. The molecule has 2 heterocycles. The van der Waals surface area contributed by atoms with Crippen molar-refractivity contribution in [1.82, 2.24) is 5.32 Å². The summed E-state index contributed by atoms with van der Waals surface area (Å²) in [6, 6.07) is 9.28. The number of hydrogen-bond acceptors (Lipinski definition) is 6. The van der Waals surface area contributed by atoms with Crippen molar-refractivity contribution in [2.75, 3.05) is 27.4 Å². The van der Waals surface area contributed by atoms with Crippen molar-refractivity contribution in [3.8, 4) is 28.4 Å². The van der Waals surface area contributed by atoms with Crippen molar-refractivity contribution in [1.29, 1.82) is 0 Å². The number of carbonyl (C=O) groups excluding carboxylic acids is 1. The zero-order valence-corrected chi connectivity index (χ0v) is 19.4. The summed E-state index contributed by atoms with van der Waals surface area (Å²) in [5.74, 6) is 0.451. The second-order valence-corrected chi connectivity index (χ2v) is 9.14. The molecule has 0 aromatic heterocycles. The third-order valence-corrected chi connectivity index (χ3v) is 7.33. The second-order valence-electron chi connectivity index (χ2n) is 9.14. The summed E-state index contributed by atoms with van der Waals surface area (Å²) in [7, 11) is 3.10. The molecule has 34 heavy (non-hydrogen) atoms. The van der Waals surface area contributed by atoms with Crippen molar-refractivity contribution in [2.45, 2.75) is 38.3 Å². The maximum absolute atomic E-state index is 12.4. The van der Waals surface area contributed by atoms with Crippen LogP contribution in [0.25, 0.3) is 11.1 Å². The van der Waals surface area contributed by atoms with Gasteiger partial charge >= 0.3 is 5.97 Å². The standard InChI is InChI=1S/C26H29NO7/c1-31-20-7-6-17(16-4-3-5-18-19(16)14-27-24(18)28)21(22(20)32-2)34-23(15-8-12-33-13-9-15)26(10-11-26)25(29)30/h3-7,15,23H,8-14H2,1-2H3,(H,27,28)(H,29,30). The van der Waals surface area contributed by atoms with Gasteiger partial charge < -0.3 is 29.4 Å². The van der Waals surface area contributed by atoms with Gasteiger partial charge in [-0.1, -0.05) is 12.1 Å². The van der Waals surface area contributed by atoms with Gasteiger partial charge in [-0.2, -0.15) is 0 Å². The topological polar surface area (TPSA) is 103 Å². The molecule has 1 atom stereocenters. The van der Waals surface area contributed by atoms with Crippen LogP contribution in [-0.2, 0) is 16.1 Å². The van der Waals surface area contributed by atoms with Crippen LogP contribution in [0.5, 0.6) is 17.2 Å². The van der Waals surface area contributed by atoms with E-state index in [4.69, 9.17) is 18.9 Å². The fraction of sp³-hybridized carbons (Fsp3) is 0.462. The van der Waals surface area contributed by atoms with Gasteiger partial charge in [-0.3, -0.25) is 9.59 Å². The molecular weight excluding hydrogens is 438 g/mol. The first-order valence-corrected chi connectivity index (χ1v) is 11.6. The van der Waals surface area contributed by atoms with Crippen LogP contribution >= 0.6 is 0 Å². The van der Waals surface area contributed by atoms with E-state index in [0.717, 1.165) is 29.5 Å². The first kappa shape index (κ1) is 22.5. The van der Waals surface area contributed by atoms with Crippen LogP contribution in [0, 0.1) is 11.3 Å². The average Bonchev–Trinajstić information content (AvgIpc) is 3.59. The Balaban J connectivity index is 1.65. The molecular formula is C26H29NO7. The first-order valence-electron chi connectivity index (χ1n) is 11.6. The third-order valence-electron chi connectivity index (χ3n) is 7.33. The molecule has 2 N–H and O–H groups in total. The van der Waals surface area contributed by atoms with Crippen LogP contribution in [0.3, 0.4) is 0 Å². The lowest BCUT2D eigenvalue weighted by atomic mass is 9.83. The summed E-state index contributed by atoms with van der Waals surface area (Å²) >= 11 is 0. The Bertz CT molecular complexity index is 1120. The van der Waals surface area contributed by atoms with Crippen LogP contribution in [0.4, 0.5) is 0 Å². The molecule has 0 radical (unpaired) electrons. The minimum absolute atomic E-state index is 0.0424. The van der Waals surface area contributed by atoms with E-state index in [9.17, 15) is 14.7 Å². The lowest BCUT2D eigenvalue weighted by Gasteiger charge is -2.35. The van der Waals surface area contributed by atoms with E-state index in [1.54, 1.807) is 26.4 Å². The van der Waals surface area contributed by atoms with Crippen LogP contribution < -0.4 is 19.5 Å². The van der Waals surface area contributed by atoms with Gasteiger partial charge in [0, 0.05) is 36.8 Å². The van der Waals surface area contributed by atoms with E-state index in [1.807, 2.05) is 18.2 Å². The minimum Gasteiger partial charge on any atom is -0.493 e. The number of nitrogens with one attached hydrogen (secondary N) is 1. The Kier molecular flexibility index (Phi) is 5.85. The molecule has 0 bridgehead atoms. The van der Waals surface area contributed by atoms with E-state index in [0.29, 0.717) is 55.4 Å². The molecule has 1 amide bonds. The van der Waals surface area contributed by atoms with E-state index in [-0.39, 0.29) is 11.8 Å². The fourth-order valence-electron chi connectivity index (χ4n) is 5.29. The molecule has 0 spiro atoms. The number of carbonyl (C=O) groups is 2. The summed E-state index contributed by atoms with van der Waals surface area (Å²) in [5, 5.41) is 13.0. The number of methoxy groups -OCH3 is 2. The smallest absolute Gasteiger partial charge is 0.313 e. The van der Waals surface area contributed by atoms with Gasteiger partial charge in [0.25, 0.3) is 5.91 Å². The maximum Gasteiger partial charge on any atom is 0.313 e. The number of benzene rings is 2. The van der Waals surface area contributed by atoms with Crippen molar-refractivity contribution in [2.24, 2.45) is 11.3 Å². The van der Waals surface area contributed by atoms with Crippen molar-refractivity contribution < 1.29 is 33.6 Å². The largest absolute Gasteiger partial charge is 0.493 e. The number of hydrogen-bond donors (Lipinski definition) is 2. The lowest BCUT2D eigenvalue weighted by Crippen LogP contribution is -2.43. The summed E-state index contributed by atoms with van der Waals surface area (Å²) < 4.78 is 23.6. The van der Waals surface area contributed by atoms with Gasteiger partial charge in [0.1, 0.15) is 11.5 Å². The van der Waals surface area contributed by atoms with Gasteiger partial charge in [-0.05, 0) is 55.0 Å². The second kappa shape index (κ2) is 8.83. The molecule has 1 unspecified atom stereocenters. The number of carboxylic acid groups (broad SMARTS) is 1. The monoisotopic (exact) mass is 467 g/mol. The van der Waals surface area contributed by atoms with E-state index in [2.05, 4.69) is 5.32 Å². The Hall–Kier alpha value is -3.26. The summed E-state index contributed by atoms with van der Waals surface area (Å²) in [5.41, 5.74) is 2.17. The Morgan fingerprint density at radius 1 is 1.06 bits per heavy atom. The molecule has 1 aliphatic carbocycles. The molecule has 180 valence electrons. The van der Waals surface area contributed by atoms with Gasteiger partial charge in [0.15, 0.2) is 11.5 Å². The maximum atomic E-state index is 12.4. The molecule has 5 rings (SSSR count). The van der Waals surface area contributed by atoms with Gasteiger partial charge in [-0.25, -0.2) is 0 Å². The lowest BCUT2D eigenvalue weighted by molar-refractivity contribution is -0.150. The molecule has 2 aliphatic heterocycles. The van der Waals surface area contributed by atoms with Crippen LogP contribution in [0.1, 0.15) is 41.6 Å². The van der Waals surface area contributed by atoms with Crippen LogP contribution in [-0.4, -0.2) is 50.5 Å². The minimum atomic E-state index is -0.927. The Labute approximate surface area is 198 Å². The third kappa shape index (κ3) is 3.66. The summed E-state index contributed by atoms with van der Waals surface area (Å²) in [4.78, 5) is 24.7. The van der Waals surface area contributed by atoms with E-state index in [1.165, 1.54) is 0 Å². The molecule has 1 saturated heterocycles. The highest BCUT2D eigenvalue weighted by molar-refractivity contribution is 6.01. The zero-order valence-electron chi connectivity index (χ0n) is 19.4. The summed E-state index contributed by atoms with van der Waals surface area (Å²) in [6.45, 7) is 1.59. The van der Waals surface area contributed by atoms with Gasteiger partial charge in [0.05, 0.1) is 14.2 Å². The molecule has 8 nitrogen and oxygen atoms in total. The molecule has 2 aromatic rings. The number of carboxylic acids is 1. The van der Waals surface area contributed by atoms with Crippen molar-refractivity contribution in [3.63, 3.8) is 0 Å². The Morgan fingerprint density at radius 2 is 1.79 bits per heavy atom. The molecule has 1 saturated carbocycles. The average molecular weight is 468 g/mol. The molecule has 3 aliphatic rings. The quantitative estimate of drug-likeness (QED) is 0.611. The Morgan fingerprint density at radius 3 is 2.44 bits per heavy atom. The number of fused-ring (bicyclic) bond motifs is 1. The highest BCUT2D eigenvalue weighted by atomic mass is 16.5. The predicted molar refractivity (Wildman–Crippen MR) is 123 cm³/mol. The van der Waals surface area contributed by atoms with Gasteiger partial charge in [0.2, 0.25) is 5.75 Å². The highest BCUT2D eigenvalue weighted by Crippen LogP contribution is 2.56. The molecule has 2 fully saturated rings. The van der Waals surface area contributed by atoms with Crippen LogP contribution in [0.15, 0.2) is 30.3 Å². The predicted octanol–water partition coefficient (Wildman–Crippen LogP) is 3.65. The van der Waals surface area contributed by atoms with Gasteiger partial charge in [-0.15, -0.1) is 0 Å². The van der Waals surface area contributed by atoms with Crippen molar-refractivity contribution >= 4 is 11.9 Å². The fourth-order valence-corrected chi connectivity index (χ4v) is 5.29. The molecule has 2 aromatic carbocycles. The van der Waals surface area contributed by atoms with Crippen LogP contribution in [0.2, 0.25) is 0 Å². The SMILES string of the molecule is COc1ccc(-c2cccc3c2CNC3=O)c(OC(C2CCOCC2)C2(C(=O)O)CC2)c1OC. The van der Waals surface area contributed by atoms with E-state index < -0.39 is 17.5 Å². The zero-order chi connectivity index (χ0) is 23.9. The van der Waals surface area contributed by atoms with Crippen molar-refractivity contribution in [3.05, 3.63) is 41.5 Å². The normalized spacial score (nSPS) is 19.6. The highest BCUT2D eigenvalue weighted by Gasteiger charge is 2.60.